The molecule has 0 radical (unpaired) electrons. The smallest absolute Gasteiger partial charge is 0.142 e. The fraction of sp³-hybridized carbons (Fsp3) is 0.262. The van der Waals surface area contributed by atoms with Gasteiger partial charge in [0.25, 0.3) is 0 Å². The average Bonchev–Trinajstić information content (AvgIpc) is 3.97. The molecule has 0 spiro atoms. The quantitative estimate of drug-likeness (QED) is 0.163. The average molecular weight is 595 g/mol. The number of aldehydes is 3. The SMILES string of the molecule is C1=CCC=C1.O=C/C=C/c1ccccc1.O=CC1C2C=CC(C2)[C@@H]1c1ccccc1.O=C[C@H]1C2C=CC(C2)C1c1ccccc1. The summed E-state index contributed by atoms with van der Waals surface area (Å²) in [5.41, 5.74) is 3.70. The van der Waals surface area contributed by atoms with Gasteiger partial charge in [0.2, 0.25) is 0 Å². The lowest BCUT2D eigenvalue weighted by Gasteiger charge is -2.24. The topological polar surface area (TPSA) is 51.2 Å². The number of allylic oxidation sites excluding steroid dienone is 9. The van der Waals surface area contributed by atoms with Crippen LogP contribution in [0.3, 0.4) is 0 Å². The molecule has 0 aliphatic heterocycles. The van der Waals surface area contributed by atoms with E-state index in [1.165, 1.54) is 30.0 Å². The highest BCUT2D eigenvalue weighted by atomic mass is 16.1. The van der Waals surface area contributed by atoms with Crippen LogP contribution in [0.4, 0.5) is 0 Å². The number of benzene rings is 3. The second-order valence-electron chi connectivity index (χ2n) is 12.2. The largest absolute Gasteiger partial charge is 0.303 e. The maximum Gasteiger partial charge on any atom is 0.142 e. The van der Waals surface area contributed by atoms with Gasteiger partial charge in [-0.15, -0.1) is 0 Å². The lowest BCUT2D eigenvalue weighted by atomic mass is 9.79. The van der Waals surface area contributed by atoms with E-state index < -0.39 is 0 Å². The van der Waals surface area contributed by atoms with E-state index in [0.29, 0.717) is 35.5 Å². The minimum Gasteiger partial charge on any atom is -0.303 e. The molecule has 4 bridgehead atoms. The molecule has 8 atom stereocenters. The summed E-state index contributed by atoms with van der Waals surface area (Å²) in [7, 11) is 0. The van der Waals surface area contributed by atoms with E-state index in [1.54, 1.807) is 6.08 Å². The molecular formula is C42H42O3. The van der Waals surface area contributed by atoms with E-state index >= 15 is 0 Å². The first-order chi connectivity index (χ1) is 22.2. The van der Waals surface area contributed by atoms with E-state index in [9.17, 15) is 14.4 Å². The van der Waals surface area contributed by atoms with Gasteiger partial charge < -0.3 is 9.59 Å². The van der Waals surface area contributed by atoms with Crippen molar-refractivity contribution in [3.63, 3.8) is 0 Å². The second-order valence-corrected chi connectivity index (χ2v) is 12.2. The van der Waals surface area contributed by atoms with Gasteiger partial charge in [-0.3, -0.25) is 4.79 Å². The predicted octanol–water partition coefficient (Wildman–Crippen LogP) is 8.98. The van der Waals surface area contributed by atoms with E-state index in [2.05, 4.69) is 97.1 Å². The Kier molecular flexibility index (Phi) is 11.6. The Morgan fingerprint density at radius 2 is 0.933 bits per heavy atom. The minimum atomic E-state index is 0.211. The molecule has 3 heteroatoms. The lowest BCUT2D eigenvalue weighted by molar-refractivity contribution is -0.112. The summed E-state index contributed by atoms with van der Waals surface area (Å²) >= 11 is 0. The fourth-order valence-electron chi connectivity index (χ4n) is 7.49. The van der Waals surface area contributed by atoms with Crippen molar-refractivity contribution in [1.29, 1.82) is 0 Å². The van der Waals surface area contributed by atoms with Crippen molar-refractivity contribution in [3.8, 4) is 0 Å². The van der Waals surface area contributed by atoms with Crippen LogP contribution in [-0.4, -0.2) is 18.9 Å². The molecule has 0 heterocycles. The van der Waals surface area contributed by atoms with Gasteiger partial charge >= 0.3 is 0 Å². The first-order valence-electron chi connectivity index (χ1n) is 16.1. The Balaban J connectivity index is 0.000000126. The van der Waals surface area contributed by atoms with Crippen LogP contribution >= 0.6 is 0 Å². The van der Waals surface area contributed by atoms with Crippen LogP contribution < -0.4 is 0 Å². The molecular weight excluding hydrogens is 552 g/mol. The van der Waals surface area contributed by atoms with Crippen molar-refractivity contribution in [3.05, 3.63) is 162 Å². The zero-order valence-electron chi connectivity index (χ0n) is 25.6. The van der Waals surface area contributed by atoms with Crippen LogP contribution in [0.5, 0.6) is 0 Å². The van der Waals surface area contributed by atoms with Gasteiger partial charge in [-0.25, -0.2) is 0 Å². The summed E-state index contributed by atoms with van der Waals surface area (Å²) in [6.07, 6.45) is 27.2. The van der Waals surface area contributed by atoms with Crippen molar-refractivity contribution >= 4 is 24.9 Å². The summed E-state index contributed by atoms with van der Waals surface area (Å²) in [5.74, 6) is 3.46. The Morgan fingerprint density at radius 1 is 0.511 bits per heavy atom. The standard InChI is InChI=1S/2C14H14O.C9H8O.C5H6/c2*15-9-13-11-6-7-12(8-11)14(13)10-4-2-1-3-5-10;10-8-4-7-9-5-2-1-3-6-9;1-2-4-5-3-1/h2*1-7,9,11-14H,8H2;1-8H;1-4H,5H2/b;;7-4+;/t11?,12?,13?,14-;11?,12?,13-,14?;;/m00../s1. The van der Waals surface area contributed by atoms with Crippen molar-refractivity contribution in [2.24, 2.45) is 35.5 Å². The second kappa shape index (κ2) is 16.4. The molecule has 0 amide bonds. The number of hydrogen-bond acceptors (Lipinski definition) is 3. The van der Waals surface area contributed by atoms with Gasteiger partial charge in [0.15, 0.2) is 0 Å². The molecule has 8 rings (SSSR count). The third-order valence-corrected chi connectivity index (χ3v) is 9.55. The number of rotatable bonds is 6. The number of carbonyl (C=O) groups excluding carboxylic acids is 3. The molecule has 0 aromatic heterocycles. The van der Waals surface area contributed by atoms with Gasteiger partial charge in [0.05, 0.1) is 0 Å². The molecule has 2 fully saturated rings. The van der Waals surface area contributed by atoms with Crippen LogP contribution in [0.2, 0.25) is 0 Å². The molecule has 0 saturated heterocycles. The summed E-state index contributed by atoms with van der Waals surface area (Å²) in [5, 5.41) is 0. The van der Waals surface area contributed by atoms with Crippen molar-refractivity contribution < 1.29 is 14.4 Å². The van der Waals surface area contributed by atoms with Crippen LogP contribution in [0.1, 0.15) is 47.8 Å². The van der Waals surface area contributed by atoms with Gasteiger partial charge in [0, 0.05) is 23.7 Å². The lowest BCUT2D eigenvalue weighted by Crippen LogP contribution is -2.18. The molecule has 5 aliphatic carbocycles. The highest BCUT2D eigenvalue weighted by Gasteiger charge is 2.45. The first kappa shape index (κ1) is 31.8. The molecule has 3 nitrogen and oxygen atoms in total. The van der Waals surface area contributed by atoms with Crippen molar-refractivity contribution in [2.75, 3.05) is 0 Å². The molecule has 3 aromatic carbocycles. The van der Waals surface area contributed by atoms with E-state index in [1.807, 2.05) is 42.5 Å². The Morgan fingerprint density at radius 3 is 1.31 bits per heavy atom. The zero-order chi connectivity index (χ0) is 31.3. The maximum absolute atomic E-state index is 11.1. The van der Waals surface area contributed by atoms with Crippen LogP contribution in [0, 0.1) is 35.5 Å². The molecule has 0 N–H and O–H groups in total. The monoisotopic (exact) mass is 594 g/mol. The summed E-state index contributed by atoms with van der Waals surface area (Å²) < 4.78 is 0. The predicted molar refractivity (Wildman–Crippen MR) is 183 cm³/mol. The molecule has 2 saturated carbocycles. The molecule has 6 unspecified atom stereocenters. The number of fused-ring (bicyclic) bond motifs is 4. The molecule has 228 valence electrons. The third kappa shape index (κ3) is 8.10. The summed E-state index contributed by atoms with van der Waals surface area (Å²) in [6.45, 7) is 0. The molecule has 3 aromatic rings. The number of hydrogen-bond donors (Lipinski definition) is 0. The third-order valence-electron chi connectivity index (χ3n) is 9.55. The van der Waals surface area contributed by atoms with E-state index in [4.69, 9.17) is 0 Å². The molecule has 45 heavy (non-hydrogen) atoms. The van der Waals surface area contributed by atoms with Gasteiger partial charge in [-0.2, -0.15) is 0 Å². The normalized spacial score (nSPS) is 28.9. The summed E-state index contributed by atoms with van der Waals surface area (Å²) in [6, 6.07) is 30.6. The van der Waals surface area contributed by atoms with Gasteiger partial charge in [0.1, 0.15) is 18.9 Å². The van der Waals surface area contributed by atoms with Crippen molar-refractivity contribution in [2.45, 2.75) is 31.1 Å². The molecule has 5 aliphatic rings. The Bertz CT molecular complexity index is 1430. The highest BCUT2D eigenvalue weighted by Crippen LogP contribution is 2.53. The zero-order valence-corrected chi connectivity index (χ0v) is 25.6. The first-order valence-corrected chi connectivity index (χ1v) is 16.1. The van der Waals surface area contributed by atoms with E-state index in [-0.39, 0.29) is 11.8 Å². The van der Waals surface area contributed by atoms with Crippen molar-refractivity contribution in [1.82, 2.24) is 0 Å². The van der Waals surface area contributed by atoms with Crippen LogP contribution in [0.15, 0.2) is 146 Å². The number of carbonyl (C=O) groups is 3. The maximum atomic E-state index is 11.1. The van der Waals surface area contributed by atoms with E-state index in [0.717, 1.165) is 30.8 Å². The Hall–Kier alpha value is -4.63. The fourth-order valence-corrected chi connectivity index (χ4v) is 7.49. The van der Waals surface area contributed by atoms with Crippen LogP contribution in [0.25, 0.3) is 6.08 Å². The van der Waals surface area contributed by atoms with Crippen LogP contribution in [-0.2, 0) is 14.4 Å². The minimum absolute atomic E-state index is 0.211. The highest BCUT2D eigenvalue weighted by molar-refractivity contribution is 5.73. The van der Waals surface area contributed by atoms with Gasteiger partial charge in [-0.1, -0.05) is 146 Å². The summed E-state index contributed by atoms with van der Waals surface area (Å²) in [4.78, 5) is 32.2. The Labute approximate surface area is 267 Å². The van der Waals surface area contributed by atoms with Gasteiger partial charge in [-0.05, 0) is 65.7 Å².